The molecule has 0 unspecified atom stereocenters. The number of rotatable bonds is 5. The maximum Gasteiger partial charge on any atom is 0.319 e. The van der Waals surface area contributed by atoms with Crippen molar-refractivity contribution in [3.63, 3.8) is 0 Å². The molecule has 1 aliphatic rings. The second-order valence-corrected chi connectivity index (χ2v) is 6.64. The highest BCUT2D eigenvalue weighted by molar-refractivity contribution is 5.90. The molecule has 1 aromatic carbocycles. The Labute approximate surface area is 144 Å². The summed E-state index contributed by atoms with van der Waals surface area (Å²) in [6.07, 6.45) is 0.857. The minimum Gasteiger partial charge on any atom is -0.370 e. The van der Waals surface area contributed by atoms with Gasteiger partial charge in [0.15, 0.2) is 5.82 Å². The molecule has 2 atom stereocenters. The first kappa shape index (κ1) is 17.3. The highest BCUT2D eigenvalue weighted by Crippen LogP contribution is 2.40. The lowest BCUT2D eigenvalue weighted by atomic mass is 10.2. The number of amides is 2. The zero-order chi connectivity index (χ0) is 18.2. The average molecular weight is 348 g/mol. The van der Waals surface area contributed by atoms with E-state index in [4.69, 9.17) is 4.74 Å². The standard InChI is InChI=1S/C16H21FN6O2/c1-9(2)25-16(4)8-14(16)19-15(24)18-11-5-6-12(17)13(7-11)23-10(3)20-21-22-23/h5-7,9,14H,8H2,1-4H3,(H2,18,19,24)/t14-,16+/m1/s1. The van der Waals surface area contributed by atoms with Crippen LogP contribution in [-0.4, -0.2) is 44.0 Å². The van der Waals surface area contributed by atoms with Gasteiger partial charge in [-0.15, -0.1) is 5.10 Å². The zero-order valence-corrected chi connectivity index (χ0v) is 14.6. The van der Waals surface area contributed by atoms with Gasteiger partial charge in [0, 0.05) is 12.1 Å². The van der Waals surface area contributed by atoms with Crippen LogP contribution in [0, 0.1) is 12.7 Å². The van der Waals surface area contributed by atoms with Gasteiger partial charge in [-0.1, -0.05) is 0 Å². The van der Waals surface area contributed by atoms with E-state index in [1.54, 1.807) is 6.92 Å². The van der Waals surface area contributed by atoms with Crippen LogP contribution in [0.15, 0.2) is 18.2 Å². The SMILES string of the molecule is Cc1nnnn1-c1cc(NC(=O)N[C@@H]2C[C@]2(C)OC(C)C)ccc1F. The van der Waals surface area contributed by atoms with Gasteiger partial charge >= 0.3 is 6.03 Å². The third kappa shape index (κ3) is 3.76. The van der Waals surface area contributed by atoms with Crippen molar-refractivity contribution >= 4 is 11.7 Å². The summed E-state index contributed by atoms with van der Waals surface area (Å²) in [7, 11) is 0. The Bertz CT molecular complexity index is 793. The van der Waals surface area contributed by atoms with E-state index in [2.05, 4.69) is 26.2 Å². The lowest BCUT2D eigenvalue weighted by Crippen LogP contribution is -2.36. The fourth-order valence-electron chi connectivity index (χ4n) is 2.75. The molecule has 0 radical (unpaired) electrons. The van der Waals surface area contributed by atoms with E-state index in [9.17, 15) is 9.18 Å². The summed E-state index contributed by atoms with van der Waals surface area (Å²) in [5.41, 5.74) is 0.277. The summed E-state index contributed by atoms with van der Waals surface area (Å²) in [5.74, 6) is -0.0402. The van der Waals surface area contributed by atoms with E-state index < -0.39 is 5.82 Å². The van der Waals surface area contributed by atoms with Crippen molar-refractivity contribution in [1.29, 1.82) is 0 Å². The van der Waals surface area contributed by atoms with Crippen molar-refractivity contribution < 1.29 is 13.9 Å². The number of halogens is 1. The van der Waals surface area contributed by atoms with Crippen molar-refractivity contribution in [2.24, 2.45) is 0 Å². The average Bonchev–Trinajstić information content (AvgIpc) is 2.92. The molecule has 2 N–H and O–H groups in total. The molecule has 25 heavy (non-hydrogen) atoms. The first-order chi connectivity index (χ1) is 11.8. The van der Waals surface area contributed by atoms with Gasteiger partial charge in [0.2, 0.25) is 0 Å². The number of hydrogen-bond donors (Lipinski definition) is 2. The predicted molar refractivity (Wildman–Crippen MR) is 89.0 cm³/mol. The number of anilines is 1. The zero-order valence-electron chi connectivity index (χ0n) is 14.6. The first-order valence-corrected chi connectivity index (χ1v) is 8.09. The van der Waals surface area contributed by atoms with Gasteiger partial charge in [-0.05, 0) is 56.3 Å². The van der Waals surface area contributed by atoms with Gasteiger partial charge in [0.1, 0.15) is 11.5 Å². The Balaban J connectivity index is 1.66. The van der Waals surface area contributed by atoms with E-state index >= 15 is 0 Å². The second kappa shape index (κ2) is 6.40. The first-order valence-electron chi connectivity index (χ1n) is 8.09. The Morgan fingerprint density at radius 3 is 2.88 bits per heavy atom. The van der Waals surface area contributed by atoms with Gasteiger partial charge in [-0.3, -0.25) is 0 Å². The highest BCUT2D eigenvalue weighted by Gasteiger charge is 2.53. The minimum absolute atomic E-state index is 0.0448. The summed E-state index contributed by atoms with van der Waals surface area (Å²) >= 11 is 0. The Morgan fingerprint density at radius 1 is 1.48 bits per heavy atom. The van der Waals surface area contributed by atoms with Crippen LogP contribution < -0.4 is 10.6 Å². The molecule has 9 heteroatoms. The third-order valence-corrected chi connectivity index (χ3v) is 4.05. The number of urea groups is 1. The Kier molecular flexibility index (Phi) is 4.42. The number of nitrogens with zero attached hydrogens (tertiary/aromatic N) is 4. The topological polar surface area (TPSA) is 94.0 Å². The van der Waals surface area contributed by atoms with E-state index in [1.165, 1.54) is 22.9 Å². The van der Waals surface area contributed by atoms with Crippen LogP contribution in [0.5, 0.6) is 0 Å². The molecule has 1 heterocycles. The molecule has 134 valence electrons. The summed E-state index contributed by atoms with van der Waals surface area (Å²) in [6, 6.07) is 3.81. The number of carbonyl (C=O) groups is 1. The van der Waals surface area contributed by atoms with Gasteiger partial charge < -0.3 is 15.4 Å². The molecule has 2 aromatic rings. The number of tetrazole rings is 1. The molecule has 1 saturated carbocycles. The predicted octanol–water partition coefficient (Wildman–Crippen LogP) is 2.19. The molecule has 1 fully saturated rings. The summed E-state index contributed by atoms with van der Waals surface area (Å²) in [6.45, 7) is 7.55. The number of hydrogen-bond acceptors (Lipinski definition) is 5. The molecule has 2 amide bonds. The molecule has 1 aromatic heterocycles. The van der Waals surface area contributed by atoms with Crippen LogP contribution in [0.4, 0.5) is 14.9 Å². The number of carbonyl (C=O) groups excluding carboxylic acids is 1. The van der Waals surface area contributed by atoms with Crippen LogP contribution in [-0.2, 0) is 4.74 Å². The smallest absolute Gasteiger partial charge is 0.319 e. The number of nitrogens with one attached hydrogen (secondary N) is 2. The highest BCUT2D eigenvalue weighted by atomic mass is 19.1. The van der Waals surface area contributed by atoms with E-state index in [0.717, 1.165) is 6.42 Å². The second-order valence-electron chi connectivity index (χ2n) is 6.64. The van der Waals surface area contributed by atoms with Crippen LogP contribution in [0.25, 0.3) is 5.69 Å². The Hall–Kier alpha value is -2.55. The van der Waals surface area contributed by atoms with Gasteiger partial charge in [0.05, 0.1) is 17.7 Å². The van der Waals surface area contributed by atoms with Gasteiger partial charge in [-0.2, -0.15) is 4.68 Å². The maximum absolute atomic E-state index is 14.0. The van der Waals surface area contributed by atoms with Crippen molar-refractivity contribution in [2.75, 3.05) is 5.32 Å². The molecule has 0 bridgehead atoms. The van der Waals surface area contributed by atoms with E-state index in [-0.39, 0.29) is 29.5 Å². The van der Waals surface area contributed by atoms with Crippen LogP contribution in [0.1, 0.15) is 33.0 Å². The molecule has 1 aliphatic carbocycles. The maximum atomic E-state index is 14.0. The van der Waals surface area contributed by atoms with Gasteiger partial charge in [-0.25, -0.2) is 9.18 Å². The number of aryl methyl sites for hydroxylation is 1. The molecule has 0 aliphatic heterocycles. The molecular weight excluding hydrogens is 327 g/mol. The quantitative estimate of drug-likeness (QED) is 0.864. The normalized spacial score (nSPS) is 22.1. The van der Waals surface area contributed by atoms with Crippen LogP contribution >= 0.6 is 0 Å². The minimum atomic E-state index is -0.485. The largest absolute Gasteiger partial charge is 0.370 e. The van der Waals surface area contributed by atoms with Crippen molar-refractivity contribution in [3.05, 3.63) is 29.8 Å². The molecule has 3 rings (SSSR count). The van der Waals surface area contributed by atoms with E-state index in [1.807, 2.05) is 20.8 Å². The number of ether oxygens (including phenoxy) is 1. The monoisotopic (exact) mass is 348 g/mol. The molecular formula is C16H21FN6O2. The van der Waals surface area contributed by atoms with E-state index in [0.29, 0.717) is 11.5 Å². The van der Waals surface area contributed by atoms with Crippen molar-refractivity contribution in [3.8, 4) is 5.69 Å². The Morgan fingerprint density at radius 2 is 2.24 bits per heavy atom. The molecule has 0 saturated heterocycles. The number of aromatic nitrogens is 4. The lowest BCUT2D eigenvalue weighted by molar-refractivity contribution is -0.00450. The molecule has 8 nitrogen and oxygen atoms in total. The van der Waals surface area contributed by atoms with Crippen molar-refractivity contribution in [1.82, 2.24) is 25.5 Å². The summed E-state index contributed by atoms with van der Waals surface area (Å²) in [5, 5.41) is 16.5. The summed E-state index contributed by atoms with van der Waals surface area (Å²) < 4.78 is 21.1. The van der Waals surface area contributed by atoms with Crippen molar-refractivity contribution in [2.45, 2.75) is 51.9 Å². The fourth-order valence-corrected chi connectivity index (χ4v) is 2.75. The third-order valence-electron chi connectivity index (χ3n) is 4.05. The van der Waals surface area contributed by atoms with Crippen LogP contribution in [0.2, 0.25) is 0 Å². The van der Waals surface area contributed by atoms with Crippen LogP contribution in [0.3, 0.4) is 0 Å². The van der Waals surface area contributed by atoms with Gasteiger partial charge in [0.25, 0.3) is 0 Å². The summed E-state index contributed by atoms with van der Waals surface area (Å²) in [4.78, 5) is 12.2. The molecule has 0 spiro atoms. The fraction of sp³-hybridized carbons (Fsp3) is 0.500. The lowest BCUT2D eigenvalue weighted by Gasteiger charge is -2.17. The number of benzene rings is 1.